The van der Waals surface area contributed by atoms with E-state index in [-0.39, 0.29) is 12.0 Å². The molecule has 1 aliphatic heterocycles. The second-order valence-electron chi connectivity index (χ2n) is 10.1. The molecule has 1 amide bonds. The number of nitrogens with two attached hydrogens (primary N) is 1. The largest absolute Gasteiger partial charge is 0.490 e. The standard InChI is InChI=1S/C25H35N3O4S/c1-14-12-28(13-15(2)31-14)17-4-6-18(7-5-17)32-20-9-10-27-25-23(20)22-16(3-8-21(22)33-25)11-19(29)24(26)30/h9-10,14-19,29H,3-8,11-13H2,1-2H3,(H2,26,30)/t14-,15-,16-,17-,18-,19+/m1/s1. The van der Waals surface area contributed by atoms with Crippen LogP contribution in [0.25, 0.3) is 10.2 Å². The lowest BCUT2D eigenvalue weighted by atomic mass is 9.91. The maximum absolute atomic E-state index is 11.4. The zero-order valence-electron chi connectivity index (χ0n) is 19.5. The Morgan fingerprint density at radius 1 is 1.27 bits per heavy atom. The summed E-state index contributed by atoms with van der Waals surface area (Å²) in [5.74, 6) is 0.359. The van der Waals surface area contributed by atoms with Crippen LogP contribution < -0.4 is 10.5 Å². The first kappa shape index (κ1) is 23.0. The second-order valence-corrected chi connectivity index (χ2v) is 11.2. The lowest BCUT2D eigenvalue weighted by Crippen LogP contribution is -2.51. The quantitative estimate of drug-likeness (QED) is 0.668. The fourth-order valence-corrected chi connectivity index (χ4v) is 7.33. The molecule has 4 atom stereocenters. The van der Waals surface area contributed by atoms with E-state index in [1.54, 1.807) is 11.3 Å². The minimum atomic E-state index is -1.11. The third kappa shape index (κ3) is 4.76. The molecular weight excluding hydrogens is 438 g/mol. The van der Waals surface area contributed by atoms with Crippen molar-refractivity contribution in [2.45, 2.75) is 95.2 Å². The molecule has 0 aromatic carbocycles. The zero-order chi connectivity index (χ0) is 23.1. The van der Waals surface area contributed by atoms with Crippen LogP contribution in [0.1, 0.15) is 68.7 Å². The van der Waals surface area contributed by atoms with E-state index in [9.17, 15) is 9.90 Å². The summed E-state index contributed by atoms with van der Waals surface area (Å²) in [5.41, 5.74) is 6.53. The predicted molar refractivity (Wildman–Crippen MR) is 129 cm³/mol. The highest BCUT2D eigenvalue weighted by Gasteiger charge is 2.34. The van der Waals surface area contributed by atoms with Gasteiger partial charge in [-0.3, -0.25) is 9.69 Å². The van der Waals surface area contributed by atoms with Gasteiger partial charge in [0.2, 0.25) is 5.91 Å². The summed E-state index contributed by atoms with van der Waals surface area (Å²) in [6.07, 6.45) is 8.15. The van der Waals surface area contributed by atoms with Crippen LogP contribution in [0, 0.1) is 0 Å². The number of pyridine rings is 1. The van der Waals surface area contributed by atoms with Crippen molar-refractivity contribution in [2.75, 3.05) is 13.1 Å². The molecule has 1 saturated carbocycles. The maximum atomic E-state index is 11.4. The average molecular weight is 474 g/mol. The van der Waals surface area contributed by atoms with Crippen LogP contribution in [-0.4, -0.2) is 64.4 Å². The number of hydrogen-bond donors (Lipinski definition) is 2. The minimum Gasteiger partial charge on any atom is -0.490 e. The number of carbonyl (C=O) groups excluding carboxylic acids is 1. The monoisotopic (exact) mass is 473 g/mol. The summed E-state index contributed by atoms with van der Waals surface area (Å²) >= 11 is 1.71. The van der Waals surface area contributed by atoms with E-state index in [1.165, 1.54) is 10.4 Å². The summed E-state index contributed by atoms with van der Waals surface area (Å²) in [4.78, 5) is 20.9. The molecule has 33 heavy (non-hydrogen) atoms. The minimum absolute atomic E-state index is 0.115. The van der Waals surface area contributed by atoms with Crippen LogP contribution in [0.2, 0.25) is 0 Å². The van der Waals surface area contributed by atoms with E-state index in [0.29, 0.717) is 24.7 Å². The normalized spacial score (nSPS) is 31.4. The number of aliphatic hydroxyl groups is 1. The van der Waals surface area contributed by atoms with Gasteiger partial charge in [0.1, 0.15) is 16.7 Å². The number of fused-ring (bicyclic) bond motifs is 3. The number of amides is 1. The van der Waals surface area contributed by atoms with Gasteiger partial charge in [0.05, 0.1) is 23.7 Å². The third-order valence-electron chi connectivity index (χ3n) is 7.53. The van der Waals surface area contributed by atoms with E-state index in [0.717, 1.165) is 67.6 Å². The molecule has 0 bridgehead atoms. The van der Waals surface area contributed by atoms with Gasteiger partial charge in [0.25, 0.3) is 0 Å². The van der Waals surface area contributed by atoms with Crippen molar-refractivity contribution in [3.05, 3.63) is 22.7 Å². The number of rotatable bonds is 6. The van der Waals surface area contributed by atoms with Crippen molar-refractivity contribution in [1.29, 1.82) is 0 Å². The number of aryl methyl sites for hydroxylation is 1. The molecule has 3 aliphatic rings. The highest BCUT2D eigenvalue weighted by molar-refractivity contribution is 7.19. The van der Waals surface area contributed by atoms with Crippen molar-refractivity contribution in [3.63, 3.8) is 0 Å². The maximum Gasteiger partial charge on any atom is 0.246 e. The summed E-state index contributed by atoms with van der Waals surface area (Å²) in [6.45, 7) is 6.37. The van der Waals surface area contributed by atoms with Crippen LogP contribution >= 0.6 is 11.3 Å². The SMILES string of the molecule is C[C@@H]1CN([C@H]2CC[C@H](Oc3ccnc4sc5c(c34)[C@@H](C[C@H](O)C(N)=O)CC5)CC2)C[C@@H](C)O1. The van der Waals surface area contributed by atoms with Crippen molar-refractivity contribution >= 4 is 27.5 Å². The molecule has 3 heterocycles. The molecule has 7 nitrogen and oxygen atoms in total. The van der Waals surface area contributed by atoms with Gasteiger partial charge in [-0.2, -0.15) is 0 Å². The zero-order valence-corrected chi connectivity index (χ0v) is 20.4. The van der Waals surface area contributed by atoms with Gasteiger partial charge in [-0.25, -0.2) is 4.98 Å². The van der Waals surface area contributed by atoms with Crippen molar-refractivity contribution in [3.8, 4) is 5.75 Å². The van der Waals surface area contributed by atoms with E-state index in [1.807, 2.05) is 12.3 Å². The molecule has 3 N–H and O–H groups in total. The van der Waals surface area contributed by atoms with E-state index < -0.39 is 12.0 Å². The van der Waals surface area contributed by atoms with Crippen LogP contribution in [0.3, 0.4) is 0 Å². The molecule has 0 spiro atoms. The molecule has 8 heteroatoms. The molecular formula is C25H35N3O4S. The molecule has 1 saturated heterocycles. The average Bonchev–Trinajstić information content (AvgIpc) is 3.33. The summed E-state index contributed by atoms with van der Waals surface area (Å²) in [7, 11) is 0. The number of hydrogen-bond acceptors (Lipinski definition) is 7. The number of carbonyl (C=O) groups is 1. The topological polar surface area (TPSA) is 97.9 Å². The number of morpholine rings is 1. The fourth-order valence-electron chi connectivity index (χ4n) is 6.07. The third-order valence-corrected chi connectivity index (χ3v) is 8.71. The molecule has 180 valence electrons. The van der Waals surface area contributed by atoms with Crippen molar-refractivity contribution in [1.82, 2.24) is 9.88 Å². The van der Waals surface area contributed by atoms with Crippen molar-refractivity contribution < 1.29 is 19.4 Å². The first-order chi connectivity index (χ1) is 15.9. The van der Waals surface area contributed by atoms with Gasteiger partial charge in [-0.15, -0.1) is 11.3 Å². The second kappa shape index (κ2) is 9.49. The molecule has 5 rings (SSSR count). The Bertz CT molecular complexity index is 993. The Labute approximate surface area is 199 Å². The molecule has 0 radical (unpaired) electrons. The molecule has 2 aromatic heterocycles. The fraction of sp³-hybridized carbons (Fsp3) is 0.680. The van der Waals surface area contributed by atoms with Gasteiger partial charge in [-0.05, 0) is 76.3 Å². The van der Waals surface area contributed by atoms with Crippen LogP contribution in [0.15, 0.2) is 12.3 Å². The van der Waals surface area contributed by atoms with Crippen LogP contribution in [0.4, 0.5) is 0 Å². The number of thiophene rings is 1. The molecule has 2 fully saturated rings. The smallest absolute Gasteiger partial charge is 0.246 e. The summed E-state index contributed by atoms with van der Waals surface area (Å²) in [6, 6.07) is 2.59. The van der Waals surface area contributed by atoms with Crippen LogP contribution in [-0.2, 0) is 16.0 Å². The van der Waals surface area contributed by atoms with Gasteiger partial charge in [-0.1, -0.05) is 0 Å². The number of aromatic nitrogens is 1. The molecule has 2 aliphatic carbocycles. The Morgan fingerprint density at radius 2 is 2.00 bits per heavy atom. The van der Waals surface area contributed by atoms with Gasteiger partial charge in [0, 0.05) is 30.2 Å². The van der Waals surface area contributed by atoms with Gasteiger partial charge >= 0.3 is 0 Å². The van der Waals surface area contributed by atoms with Crippen molar-refractivity contribution in [2.24, 2.45) is 5.73 Å². The Kier molecular flexibility index (Phi) is 6.62. The Hall–Kier alpha value is -1.74. The van der Waals surface area contributed by atoms with Gasteiger partial charge in [0.15, 0.2) is 0 Å². The first-order valence-electron chi connectivity index (χ1n) is 12.3. The number of aliphatic hydroxyl groups excluding tert-OH is 1. The Balaban J connectivity index is 1.29. The number of primary amides is 1. The lowest BCUT2D eigenvalue weighted by Gasteiger charge is -2.42. The Morgan fingerprint density at radius 3 is 2.70 bits per heavy atom. The summed E-state index contributed by atoms with van der Waals surface area (Å²) in [5, 5.41) is 11.2. The molecule has 0 unspecified atom stereocenters. The summed E-state index contributed by atoms with van der Waals surface area (Å²) < 4.78 is 12.5. The highest BCUT2D eigenvalue weighted by Crippen LogP contribution is 2.48. The predicted octanol–water partition coefficient (Wildman–Crippen LogP) is 3.36. The molecule has 2 aromatic rings. The van der Waals surface area contributed by atoms with Gasteiger partial charge < -0.3 is 20.3 Å². The first-order valence-corrected chi connectivity index (χ1v) is 13.1. The van der Waals surface area contributed by atoms with Crippen LogP contribution in [0.5, 0.6) is 5.75 Å². The number of ether oxygens (including phenoxy) is 2. The van der Waals surface area contributed by atoms with E-state index in [4.69, 9.17) is 15.2 Å². The lowest BCUT2D eigenvalue weighted by molar-refractivity contribution is -0.126. The van der Waals surface area contributed by atoms with E-state index in [2.05, 4.69) is 23.7 Å². The highest BCUT2D eigenvalue weighted by atomic mass is 32.1. The van der Waals surface area contributed by atoms with E-state index >= 15 is 0 Å². The number of nitrogens with zero attached hydrogens (tertiary/aromatic N) is 2.